The van der Waals surface area contributed by atoms with Crippen LogP contribution in [0.2, 0.25) is 0 Å². The van der Waals surface area contributed by atoms with Gasteiger partial charge in [-0.25, -0.2) is 4.39 Å². The third-order valence-electron chi connectivity index (χ3n) is 2.57. The van der Waals surface area contributed by atoms with Crippen LogP contribution in [0.3, 0.4) is 0 Å². The fourth-order valence-electron chi connectivity index (χ4n) is 1.84. The molecule has 1 aromatic heterocycles. The monoisotopic (exact) mass is 219 g/mol. The van der Waals surface area contributed by atoms with E-state index in [1.54, 1.807) is 23.0 Å². The fraction of sp³-hybridized carbons (Fsp3) is 0.250. The predicted octanol–water partition coefficient (Wildman–Crippen LogP) is 2.25. The smallest absolute Gasteiger partial charge is 0.123 e. The number of halogens is 1. The molecule has 0 aliphatic carbocycles. The van der Waals surface area contributed by atoms with Crippen molar-refractivity contribution in [1.82, 2.24) is 9.78 Å². The zero-order chi connectivity index (χ0) is 11.7. The molecule has 0 aliphatic heterocycles. The Labute approximate surface area is 93.7 Å². The highest BCUT2D eigenvalue weighted by Gasteiger charge is 2.13. The summed E-state index contributed by atoms with van der Waals surface area (Å²) in [5.41, 5.74) is 8.73. The molecule has 16 heavy (non-hydrogen) atoms. The first-order chi connectivity index (χ1) is 7.59. The Morgan fingerprint density at radius 2 is 1.94 bits per heavy atom. The Bertz CT molecular complexity index is 485. The van der Waals surface area contributed by atoms with Crippen LogP contribution in [0.1, 0.15) is 18.7 Å². The highest BCUT2D eigenvalue weighted by Crippen LogP contribution is 2.26. The molecule has 2 rings (SSSR count). The van der Waals surface area contributed by atoms with Gasteiger partial charge < -0.3 is 5.73 Å². The third kappa shape index (κ3) is 1.84. The van der Waals surface area contributed by atoms with Crippen LogP contribution < -0.4 is 5.73 Å². The predicted molar refractivity (Wildman–Crippen MR) is 61.2 cm³/mol. The second kappa shape index (κ2) is 4.06. The Morgan fingerprint density at radius 1 is 1.31 bits per heavy atom. The van der Waals surface area contributed by atoms with Crippen LogP contribution in [0.25, 0.3) is 11.1 Å². The van der Waals surface area contributed by atoms with Crippen molar-refractivity contribution in [1.29, 1.82) is 0 Å². The lowest BCUT2D eigenvalue weighted by Crippen LogP contribution is -2.11. The minimum Gasteiger partial charge on any atom is -0.323 e. The van der Waals surface area contributed by atoms with Gasteiger partial charge in [-0.05, 0) is 24.6 Å². The molecule has 0 radical (unpaired) electrons. The number of hydrogen-bond donors (Lipinski definition) is 1. The summed E-state index contributed by atoms with van der Waals surface area (Å²) in [5, 5.41) is 4.18. The lowest BCUT2D eigenvalue weighted by atomic mass is 10.0. The van der Waals surface area contributed by atoms with E-state index in [2.05, 4.69) is 5.10 Å². The number of benzene rings is 1. The van der Waals surface area contributed by atoms with Gasteiger partial charge in [0.15, 0.2) is 0 Å². The molecule has 0 aliphatic rings. The SMILES string of the molecule is CC(N)c1c(-c2ccc(F)cc2)cnn1C. The van der Waals surface area contributed by atoms with Crippen molar-refractivity contribution in [3.05, 3.63) is 42.0 Å². The van der Waals surface area contributed by atoms with E-state index >= 15 is 0 Å². The molecular weight excluding hydrogens is 205 g/mol. The van der Waals surface area contributed by atoms with Crippen molar-refractivity contribution >= 4 is 0 Å². The maximum absolute atomic E-state index is 12.8. The van der Waals surface area contributed by atoms with Crippen LogP contribution in [0.5, 0.6) is 0 Å². The molecule has 2 aromatic rings. The first-order valence-corrected chi connectivity index (χ1v) is 5.13. The van der Waals surface area contributed by atoms with Gasteiger partial charge in [-0.3, -0.25) is 4.68 Å². The van der Waals surface area contributed by atoms with Gasteiger partial charge >= 0.3 is 0 Å². The molecule has 84 valence electrons. The molecule has 4 heteroatoms. The molecular formula is C12H14FN3. The van der Waals surface area contributed by atoms with Crippen molar-refractivity contribution in [3.63, 3.8) is 0 Å². The summed E-state index contributed by atoms with van der Waals surface area (Å²) in [6.45, 7) is 1.91. The van der Waals surface area contributed by atoms with E-state index in [0.717, 1.165) is 16.8 Å². The van der Waals surface area contributed by atoms with E-state index in [1.165, 1.54) is 12.1 Å². The largest absolute Gasteiger partial charge is 0.323 e. The molecule has 1 atom stereocenters. The summed E-state index contributed by atoms with van der Waals surface area (Å²) in [5.74, 6) is -0.241. The molecule has 0 amide bonds. The highest BCUT2D eigenvalue weighted by atomic mass is 19.1. The molecule has 0 saturated carbocycles. The van der Waals surface area contributed by atoms with E-state index in [4.69, 9.17) is 5.73 Å². The van der Waals surface area contributed by atoms with E-state index in [-0.39, 0.29) is 11.9 Å². The van der Waals surface area contributed by atoms with E-state index < -0.39 is 0 Å². The number of nitrogens with two attached hydrogens (primary N) is 1. The quantitative estimate of drug-likeness (QED) is 0.841. The minimum atomic E-state index is -0.241. The number of aromatic nitrogens is 2. The molecule has 3 nitrogen and oxygen atoms in total. The minimum absolute atomic E-state index is 0.104. The van der Waals surface area contributed by atoms with E-state index in [9.17, 15) is 4.39 Å². The third-order valence-corrected chi connectivity index (χ3v) is 2.57. The van der Waals surface area contributed by atoms with Crippen molar-refractivity contribution in [2.75, 3.05) is 0 Å². The topological polar surface area (TPSA) is 43.8 Å². The lowest BCUT2D eigenvalue weighted by molar-refractivity contribution is 0.628. The summed E-state index contributed by atoms with van der Waals surface area (Å²) in [6.07, 6.45) is 1.76. The average molecular weight is 219 g/mol. The Hall–Kier alpha value is -1.68. The van der Waals surface area contributed by atoms with Crippen molar-refractivity contribution in [3.8, 4) is 11.1 Å². The molecule has 0 bridgehead atoms. The summed E-state index contributed by atoms with van der Waals surface area (Å²) in [4.78, 5) is 0. The van der Waals surface area contributed by atoms with Gasteiger partial charge in [-0.1, -0.05) is 12.1 Å². The van der Waals surface area contributed by atoms with Crippen LogP contribution in [0.4, 0.5) is 4.39 Å². The summed E-state index contributed by atoms with van der Waals surface area (Å²) < 4.78 is 14.6. The second-order valence-corrected chi connectivity index (χ2v) is 3.86. The van der Waals surface area contributed by atoms with Crippen LogP contribution in [0, 0.1) is 5.82 Å². The molecule has 0 spiro atoms. The number of rotatable bonds is 2. The average Bonchev–Trinajstić information content (AvgIpc) is 2.61. The van der Waals surface area contributed by atoms with Crippen molar-refractivity contribution in [2.24, 2.45) is 12.8 Å². The van der Waals surface area contributed by atoms with Crippen LogP contribution in [-0.4, -0.2) is 9.78 Å². The Morgan fingerprint density at radius 3 is 2.50 bits per heavy atom. The Balaban J connectivity index is 2.52. The fourth-order valence-corrected chi connectivity index (χ4v) is 1.84. The van der Waals surface area contributed by atoms with Gasteiger partial charge in [-0.2, -0.15) is 5.10 Å². The van der Waals surface area contributed by atoms with Gasteiger partial charge in [0.1, 0.15) is 5.82 Å². The first-order valence-electron chi connectivity index (χ1n) is 5.13. The molecule has 1 aromatic carbocycles. The Kier molecular flexibility index (Phi) is 2.75. The van der Waals surface area contributed by atoms with Gasteiger partial charge in [0.2, 0.25) is 0 Å². The van der Waals surface area contributed by atoms with Crippen LogP contribution >= 0.6 is 0 Å². The number of aryl methyl sites for hydroxylation is 1. The number of nitrogens with zero attached hydrogens (tertiary/aromatic N) is 2. The number of hydrogen-bond acceptors (Lipinski definition) is 2. The zero-order valence-electron chi connectivity index (χ0n) is 9.31. The molecule has 1 heterocycles. The van der Waals surface area contributed by atoms with Crippen LogP contribution in [-0.2, 0) is 7.05 Å². The first kappa shape index (κ1) is 10.8. The van der Waals surface area contributed by atoms with Gasteiger partial charge in [0, 0.05) is 18.7 Å². The molecule has 1 unspecified atom stereocenters. The van der Waals surface area contributed by atoms with E-state index in [1.807, 2.05) is 14.0 Å². The molecule has 0 saturated heterocycles. The second-order valence-electron chi connectivity index (χ2n) is 3.86. The maximum Gasteiger partial charge on any atom is 0.123 e. The standard InChI is InChI=1S/C12H14FN3/c1-8(14)12-11(7-15-16(12)2)9-3-5-10(13)6-4-9/h3-8H,14H2,1-2H3. The van der Waals surface area contributed by atoms with Gasteiger partial charge in [-0.15, -0.1) is 0 Å². The normalized spacial score (nSPS) is 12.8. The summed E-state index contributed by atoms with van der Waals surface area (Å²) in [6, 6.07) is 6.24. The van der Waals surface area contributed by atoms with Crippen molar-refractivity contribution < 1.29 is 4.39 Å². The van der Waals surface area contributed by atoms with E-state index in [0.29, 0.717) is 0 Å². The summed E-state index contributed by atoms with van der Waals surface area (Å²) in [7, 11) is 1.85. The zero-order valence-corrected chi connectivity index (χ0v) is 9.31. The lowest BCUT2D eigenvalue weighted by Gasteiger charge is -2.09. The van der Waals surface area contributed by atoms with Gasteiger partial charge in [0.05, 0.1) is 11.9 Å². The maximum atomic E-state index is 12.8. The van der Waals surface area contributed by atoms with Crippen molar-refractivity contribution in [2.45, 2.75) is 13.0 Å². The summed E-state index contributed by atoms with van der Waals surface area (Å²) >= 11 is 0. The van der Waals surface area contributed by atoms with Crippen LogP contribution in [0.15, 0.2) is 30.5 Å². The molecule has 2 N–H and O–H groups in total. The highest BCUT2D eigenvalue weighted by molar-refractivity contribution is 5.65. The van der Waals surface area contributed by atoms with Gasteiger partial charge in [0.25, 0.3) is 0 Å². The molecule has 0 fully saturated rings.